The van der Waals surface area contributed by atoms with Crippen molar-refractivity contribution in [3.8, 4) is 0 Å². The first kappa shape index (κ1) is 16.5. The lowest BCUT2D eigenvalue weighted by Crippen LogP contribution is -2.55. The maximum atomic E-state index is 6.33. The Morgan fingerprint density at radius 2 is 2.24 bits per heavy atom. The first-order valence-electron chi connectivity index (χ1n) is 8.46. The monoisotopic (exact) mass is 289 g/mol. The van der Waals surface area contributed by atoms with Gasteiger partial charge in [-0.1, -0.05) is 49.6 Å². The molecule has 1 saturated carbocycles. The van der Waals surface area contributed by atoms with Gasteiger partial charge in [0.1, 0.15) is 0 Å². The third kappa shape index (κ3) is 4.08. The largest absolute Gasteiger partial charge is 0.374 e. The zero-order valence-corrected chi connectivity index (χ0v) is 14.1. The summed E-state index contributed by atoms with van der Waals surface area (Å²) in [6, 6.07) is 9.26. The average molecular weight is 289 g/mol. The molecule has 0 bridgehead atoms. The normalized spacial score (nSPS) is 27.5. The van der Waals surface area contributed by atoms with E-state index in [9.17, 15) is 0 Å². The maximum absolute atomic E-state index is 6.33. The van der Waals surface area contributed by atoms with E-state index in [0.717, 1.165) is 18.9 Å². The van der Waals surface area contributed by atoms with Crippen LogP contribution in [0.15, 0.2) is 24.3 Å². The molecule has 0 heterocycles. The van der Waals surface area contributed by atoms with Crippen LogP contribution >= 0.6 is 0 Å². The van der Waals surface area contributed by atoms with Crippen molar-refractivity contribution in [2.45, 2.75) is 64.5 Å². The van der Waals surface area contributed by atoms with E-state index in [4.69, 9.17) is 4.74 Å². The van der Waals surface area contributed by atoms with Crippen LogP contribution in [0.2, 0.25) is 0 Å². The van der Waals surface area contributed by atoms with Crippen LogP contribution in [-0.2, 0) is 11.2 Å². The predicted molar refractivity (Wildman–Crippen MR) is 89.7 cm³/mol. The van der Waals surface area contributed by atoms with Crippen LogP contribution in [0.25, 0.3) is 0 Å². The number of benzene rings is 1. The molecule has 0 radical (unpaired) electrons. The number of likely N-dealkylation sites (N-methyl/N-ethyl adjacent to an activating group) is 1. The van der Waals surface area contributed by atoms with Gasteiger partial charge in [-0.15, -0.1) is 0 Å². The van der Waals surface area contributed by atoms with E-state index in [0.29, 0.717) is 6.04 Å². The minimum Gasteiger partial charge on any atom is -0.374 e. The second kappa shape index (κ2) is 7.42. The quantitative estimate of drug-likeness (QED) is 0.851. The molecule has 0 aromatic heterocycles. The average Bonchev–Trinajstić information content (AvgIpc) is 2.45. The molecule has 118 valence electrons. The highest BCUT2D eigenvalue weighted by atomic mass is 16.5. The molecule has 1 aromatic rings. The van der Waals surface area contributed by atoms with Crippen molar-refractivity contribution in [3.63, 3.8) is 0 Å². The molecule has 0 aliphatic heterocycles. The number of aryl methyl sites for hydroxylation is 1. The van der Waals surface area contributed by atoms with E-state index >= 15 is 0 Å². The van der Waals surface area contributed by atoms with Crippen LogP contribution < -0.4 is 5.32 Å². The van der Waals surface area contributed by atoms with Gasteiger partial charge in [-0.2, -0.15) is 0 Å². The minimum absolute atomic E-state index is 0.00487. The Labute approximate surface area is 130 Å². The fourth-order valence-corrected chi connectivity index (χ4v) is 4.01. The lowest BCUT2D eigenvalue weighted by atomic mass is 9.73. The lowest BCUT2D eigenvalue weighted by Gasteiger charge is -2.45. The SMILES string of the molecule is CCOC1(C(Cc2cccc(C)c2)NC)CCCC(C)C1. The van der Waals surface area contributed by atoms with Gasteiger partial charge < -0.3 is 10.1 Å². The molecule has 1 aliphatic carbocycles. The molecule has 0 amide bonds. The minimum atomic E-state index is 0.00487. The highest BCUT2D eigenvalue weighted by Crippen LogP contribution is 2.38. The van der Waals surface area contributed by atoms with Gasteiger partial charge in [0.05, 0.1) is 5.60 Å². The van der Waals surface area contributed by atoms with Crippen LogP contribution in [0, 0.1) is 12.8 Å². The second-order valence-electron chi connectivity index (χ2n) is 6.73. The van der Waals surface area contributed by atoms with Crippen LogP contribution in [0.5, 0.6) is 0 Å². The van der Waals surface area contributed by atoms with Crippen LogP contribution in [0.3, 0.4) is 0 Å². The molecule has 1 N–H and O–H groups in total. The Morgan fingerprint density at radius 1 is 1.43 bits per heavy atom. The Hall–Kier alpha value is -0.860. The van der Waals surface area contributed by atoms with Gasteiger partial charge in [-0.05, 0) is 51.6 Å². The summed E-state index contributed by atoms with van der Waals surface area (Å²) in [5, 5.41) is 3.56. The van der Waals surface area contributed by atoms with Gasteiger partial charge in [0.25, 0.3) is 0 Å². The van der Waals surface area contributed by atoms with Gasteiger partial charge in [0.15, 0.2) is 0 Å². The smallest absolute Gasteiger partial charge is 0.0840 e. The number of nitrogens with one attached hydrogen (secondary N) is 1. The predicted octanol–water partition coefficient (Wildman–Crippen LogP) is 4.11. The highest BCUT2D eigenvalue weighted by Gasteiger charge is 2.41. The van der Waals surface area contributed by atoms with Gasteiger partial charge in [0.2, 0.25) is 0 Å². The third-order valence-electron chi connectivity index (χ3n) is 4.93. The summed E-state index contributed by atoms with van der Waals surface area (Å²) in [5.74, 6) is 0.763. The first-order chi connectivity index (χ1) is 10.1. The van der Waals surface area contributed by atoms with Crippen molar-refractivity contribution in [1.29, 1.82) is 0 Å². The van der Waals surface area contributed by atoms with E-state index in [1.807, 2.05) is 0 Å². The van der Waals surface area contributed by atoms with Crippen molar-refractivity contribution in [3.05, 3.63) is 35.4 Å². The number of ether oxygens (including phenoxy) is 1. The van der Waals surface area contributed by atoms with E-state index in [1.54, 1.807) is 0 Å². The van der Waals surface area contributed by atoms with Crippen molar-refractivity contribution in [1.82, 2.24) is 5.32 Å². The summed E-state index contributed by atoms with van der Waals surface area (Å²) >= 11 is 0. The molecule has 0 spiro atoms. The summed E-state index contributed by atoms with van der Waals surface area (Å²) in [6.45, 7) is 7.46. The zero-order chi connectivity index (χ0) is 15.3. The van der Waals surface area contributed by atoms with Crippen molar-refractivity contribution in [2.75, 3.05) is 13.7 Å². The Bertz CT molecular complexity index is 441. The topological polar surface area (TPSA) is 21.3 Å². The van der Waals surface area contributed by atoms with E-state index in [2.05, 4.69) is 57.4 Å². The summed E-state index contributed by atoms with van der Waals surface area (Å²) < 4.78 is 6.33. The summed E-state index contributed by atoms with van der Waals surface area (Å²) in [4.78, 5) is 0. The Balaban J connectivity index is 2.19. The summed E-state index contributed by atoms with van der Waals surface area (Å²) in [5.41, 5.74) is 2.75. The Kier molecular flexibility index (Phi) is 5.83. The zero-order valence-electron chi connectivity index (χ0n) is 14.1. The van der Waals surface area contributed by atoms with E-state index in [-0.39, 0.29) is 5.60 Å². The van der Waals surface area contributed by atoms with Crippen LogP contribution in [0.4, 0.5) is 0 Å². The molecule has 2 nitrogen and oxygen atoms in total. The Morgan fingerprint density at radius 3 is 2.86 bits per heavy atom. The highest BCUT2D eigenvalue weighted by molar-refractivity contribution is 5.23. The molecule has 1 aliphatic rings. The molecule has 2 rings (SSSR count). The molecule has 0 saturated heterocycles. The van der Waals surface area contributed by atoms with Gasteiger partial charge >= 0.3 is 0 Å². The standard InChI is InChI=1S/C19H31NO/c1-5-21-19(11-7-9-16(3)14-19)18(20-4)13-17-10-6-8-15(2)12-17/h6,8,10,12,16,18,20H,5,7,9,11,13-14H2,1-4H3. The molecular weight excluding hydrogens is 258 g/mol. The molecule has 3 unspecified atom stereocenters. The molecular formula is C19H31NO. The number of hydrogen-bond acceptors (Lipinski definition) is 2. The van der Waals surface area contributed by atoms with E-state index < -0.39 is 0 Å². The summed E-state index contributed by atoms with van der Waals surface area (Å²) in [6.07, 6.45) is 6.04. The van der Waals surface area contributed by atoms with E-state index in [1.165, 1.54) is 36.8 Å². The van der Waals surface area contributed by atoms with Gasteiger partial charge in [0, 0.05) is 12.6 Å². The molecule has 1 fully saturated rings. The fraction of sp³-hybridized carbons (Fsp3) is 0.684. The van der Waals surface area contributed by atoms with Crippen LogP contribution in [-0.4, -0.2) is 25.3 Å². The summed E-state index contributed by atoms with van der Waals surface area (Å²) in [7, 11) is 2.08. The first-order valence-corrected chi connectivity index (χ1v) is 8.46. The third-order valence-corrected chi connectivity index (χ3v) is 4.93. The van der Waals surface area contributed by atoms with Crippen LogP contribution in [0.1, 0.15) is 50.7 Å². The second-order valence-corrected chi connectivity index (χ2v) is 6.73. The van der Waals surface area contributed by atoms with Crippen molar-refractivity contribution >= 4 is 0 Å². The lowest BCUT2D eigenvalue weighted by molar-refractivity contribution is -0.0988. The van der Waals surface area contributed by atoms with Gasteiger partial charge in [-0.25, -0.2) is 0 Å². The van der Waals surface area contributed by atoms with Gasteiger partial charge in [-0.3, -0.25) is 0 Å². The number of rotatable bonds is 6. The van der Waals surface area contributed by atoms with Crippen molar-refractivity contribution < 1.29 is 4.74 Å². The molecule has 2 heteroatoms. The molecule has 21 heavy (non-hydrogen) atoms. The van der Waals surface area contributed by atoms with Crippen molar-refractivity contribution in [2.24, 2.45) is 5.92 Å². The molecule has 3 atom stereocenters. The fourth-order valence-electron chi connectivity index (χ4n) is 4.01. The maximum Gasteiger partial charge on any atom is 0.0840 e. The molecule has 1 aromatic carbocycles. The number of hydrogen-bond donors (Lipinski definition) is 1.